The van der Waals surface area contributed by atoms with Crippen LogP contribution in [0, 0.1) is 10.1 Å². The molecule has 0 saturated heterocycles. The van der Waals surface area contributed by atoms with E-state index in [0.29, 0.717) is 10.6 Å². The van der Waals surface area contributed by atoms with Crippen LogP contribution in [0.2, 0.25) is 5.02 Å². The van der Waals surface area contributed by atoms with Crippen molar-refractivity contribution < 1.29 is 14.8 Å². The van der Waals surface area contributed by atoms with Crippen molar-refractivity contribution in [3.05, 3.63) is 68.7 Å². The van der Waals surface area contributed by atoms with Crippen LogP contribution in [0.5, 0.6) is 5.75 Å². The lowest BCUT2D eigenvalue weighted by atomic mass is 10.2. The summed E-state index contributed by atoms with van der Waals surface area (Å²) in [6, 6.07) is 9.49. The van der Waals surface area contributed by atoms with Crippen LogP contribution in [0.4, 0.5) is 5.69 Å². The first-order valence-electron chi connectivity index (χ1n) is 6.04. The number of amides is 1. The molecule has 0 unspecified atom stereocenters. The molecule has 0 saturated carbocycles. The van der Waals surface area contributed by atoms with Gasteiger partial charge in [0.15, 0.2) is 0 Å². The van der Waals surface area contributed by atoms with Crippen LogP contribution in [0.15, 0.2) is 47.6 Å². The Labute approximate surface area is 130 Å². The second-order valence-corrected chi connectivity index (χ2v) is 4.64. The Balaban J connectivity index is 2.04. The molecule has 112 valence electrons. The van der Waals surface area contributed by atoms with Crippen molar-refractivity contribution in [2.75, 3.05) is 0 Å². The predicted molar refractivity (Wildman–Crippen MR) is 81.3 cm³/mol. The fraction of sp³-hybridized carbons (Fsp3) is 0. The first kappa shape index (κ1) is 15.5. The molecule has 2 aromatic carbocycles. The molecule has 0 aliphatic rings. The van der Waals surface area contributed by atoms with Crippen LogP contribution in [0.25, 0.3) is 0 Å². The lowest BCUT2D eigenvalue weighted by Crippen LogP contribution is -2.17. The largest absolute Gasteiger partial charge is 0.507 e. The molecule has 1 amide bonds. The van der Waals surface area contributed by atoms with E-state index in [1.807, 2.05) is 0 Å². The van der Waals surface area contributed by atoms with E-state index < -0.39 is 10.8 Å². The second-order valence-electron chi connectivity index (χ2n) is 4.21. The molecule has 7 nitrogen and oxygen atoms in total. The molecule has 0 atom stereocenters. The summed E-state index contributed by atoms with van der Waals surface area (Å²) in [4.78, 5) is 21.7. The van der Waals surface area contributed by atoms with Crippen LogP contribution in [-0.2, 0) is 0 Å². The van der Waals surface area contributed by atoms with Crippen LogP contribution in [0.1, 0.15) is 15.9 Å². The van der Waals surface area contributed by atoms with Gasteiger partial charge in [0.2, 0.25) is 0 Å². The number of rotatable bonds is 4. The normalized spacial score (nSPS) is 10.6. The van der Waals surface area contributed by atoms with E-state index in [0.717, 1.165) is 0 Å². The lowest BCUT2D eigenvalue weighted by Gasteiger charge is -2.01. The molecule has 0 aliphatic carbocycles. The van der Waals surface area contributed by atoms with E-state index in [1.165, 1.54) is 48.7 Å². The monoisotopic (exact) mass is 319 g/mol. The third kappa shape index (κ3) is 3.80. The number of phenolic OH excluding ortho intramolecular Hbond substituents is 1. The Morgan fingerprint density at radius 2 is 1.95 bits per heavy atom. The Kier molecular flexibility index (Phi) is 4.70. The van der Waals surface area contributed by atoms with Gasteiger partial charge < -0.3 is 5.11 Å². The molecule has 0 spiro atoms. The van der Waals surface area contributed by atoms with Crippen molar-refractivity contribution in [1.29, 1.82) is 0 Å². The van der Waals surface area contributed by atoms with Gasteiger partial charge in [-0.15, -0.1) is 0 Å². The highest BCUT2D eigenvalue weighted by Gasteiger charge is 2.08. The number of phenols is 1. The summed E-state index contributed by atoms with van der Waals surface area (Å²) in [6.07, 6.45) is 1.24. The number of benzene rings is 2. The van der Waals surface area contributed by atoms with E-state index in [4.69, 9.17) is 11.6 Å². The molecule has 0 radical (unpaired) electrons. The maximum atomic E-state index is 11.8. The quantitative estimate of drug-likeness (QED) is 0.513. The molecule has 0 fully saturated rings. The average molecular weight is 320 g/mol. The van der Waals surface area contributed by atoms with Gasteiger partial charge in [-0.2, -0.15) is 5.10 Å². The zero-order chi connectivity index (χ0) is 16.1. The summed E-state index contributed by atoms with van der Waals surface area (Å²) in [5.41, 5.74) is 2.71. The van der Waals surface area contributed by atoms with E-state index in [-0.39, 0.29) is 17.0 Å². The Hall–Kier alpha value is -2.93. The highest BCUT2D eigenvalue weighted by atomic mass is 35.5. The third-order valence-corrected chi connectivity index (χ3v) is 2.93. The van der Waals surface area contributed by atoms with Crippen molar-refractivity contribution >= 4 is 29.4 Å². The maximum Gasteiger partial charge on any atom is 0.271 e. The fourth-order valence-corrected chi connectivity index (χ4v) is 1.77. The highest BCUT2D eigenvalue weighted by Crippen LogP contribution is 2.19. The summed E-state index contributed by atoms with van der Waals surface area (Å²) in [5.74, 6) is -0.564. The van der Waals surface area contributed by atoms with Crippen molar-refractivity contribution in [2.45, 2.75) is 0 Å². The number of hydrogen-bond acceptors (Lipinski definition) is 5. The number of hydrazone groups is 1. The fourth-order valence-electron chi connectivity index (χ4n) is 1.59. The number of nitrogens with zero attached hydrogens (tertiary/aromatic N) is 2. The topological polar surface area (TPSA) is 105 Å². The lowest BCUT2D eigenvalue weighted by molar-refractivity contribution is -0.384. The number of nitrogens with one attached hydrogen (secondary N) is 1. The molecular formula is C14H10ClN3O4. The molecule has 8 heteroatoms. The van der Waals surface area contributed by atoms with Gasteiger partial charge in [0.1, 0.15) is 5.75 Å². The minimum atomic E-state index is -0.554. The summed E-state index contributed by atoms with van der Waals surface area (Å²) < 4.78 is 0. The van der Waals surface area contributed by atoms with Crippen LogP contribution >= 0.6 is 11.6 Å². The van der Waals surface area contributed by atoms with Crippen LogP contribution in [-0.4, -0.2) is 22.2 Å². The van der Waals surface area contributed by atoms with Crippen LogP contribution < -0.4 is 5.43 Å². The number of nitro benzene ring substituents is 1. The maximum absolute atomic E-state index is 11.8. The summed E-state index contributed by atoms with van der Waals surface area (Å²) in [5, 5.41) is 24.2. The molecular weight excluding hydrogens is 310 g/mol. The molecule has 0 bridgehead atoms. The summed E-state index contributed by atoms with van der Waals surface area (Å²) in [6.45, 7) is 0. The van der Waals surface area contributed by atoms with Gasteiger partial charge in [-0.3, -0.25) is 14.9 Å². The highest BCUT2D eigenvalue weighted by molar-refractivity contribution is 6.30. The number of carbonyl (C=O) groups excluding carboxylic acids is 1. The number of carbonyl (C=O) groups is 1. The van der Waals surface area contributed by atoms with Gasteiger partial charge in [-0.05, 0) is 30.3 Å². The molecule has 2 rings (SSSR count). The zero-order valence-corrected chi connectivity index (χ0v) is 11.8. The summed E-state index contributed by atoms with van der Waals surface area (Å²) in [7, 11) is 0. The number of nitro groups is 1. The van der Waals surface area contributed by atoms with E-state index >= 15 is 0 Å². The molecule has 22 heavy (non-hydrogen) atoms. The number of halogens is 1. The van der Waals surface area contributed by atoms with Gasteiger partial charge in [0.05, 0.1) is 11.1 Å². The number of aromatic hydroxyl groups is 1. The molecule has 2 aromatic rings. The SMILES string of the molecule is O=C(N/N=C/c1cc(Cl)ccc1O)c1ccc([N+](=O)[O-])cc1. The van der Waals surface area contributed by atoms with Gasteiger partial charge in [-0.1, -0.05) is 11.6 Å². The van der Waals surface area contributed by atoms with Crippen molar-refractivity contribution in [3.63, 3.8) is 0 Å². The molecule has 0 aromatic heterocycles. The molecule has 0 heterocycles. The molecule has 0 aliphatic heterocycles. The van der Waals surface area contributed by atoms with E-state index in [2.05, 4.69) is 10.5 Å². The first-order chi connectivity index (χ1) is 10.5. The van der Waals surface area contributed by atoms with Crippen molar-refractivity contribution in [2.24, 2.45) is 5.10 Å². The first-order valence-corrected chi connectivity index (χ1v) is 6.41. The van der Waals surface area contributed by atoms with Gasteiger partial charge >= 0.3 is 0 Å². The minimum absolute atomic E-state index is 0.0299. The van der Waals surface area contributed by atoms with Gasteiger partial charge in [0.25, 0.3) is 11.6 Å². The van der Waals surface area contributed by atoms with Gasteiger partial charge in [-0.25, -0.2) is 5.43 Å². The third-order valence-electron chi connectivity index (χ3n) is 2.70. The average Bonchev–Trinajstić information content (AvgIpc) is 2.50. The van der Waals surface area contributed by atoms with E-state index in [1.54, 1.807) is 0 Å². The van der Waals surface area contributed by atoms with Crippen molar-refractivity contribution in [3.8, 4) is 5.75 Å². The Morgan fingerprint density at radius 1 is 1.27 bits per heavy atom. The molecule has 2 N–H and O–H groups in total. The van der Waals surface area contributed by atoms with Crippen LogP contribution in [0.3, 0.4) is 0 Å². The Morgan fingerprint density at radius 3 is 2.59 bits per heavy atom. The number of hydrogen-bond donors (Lipinski definition) is 2. The summed E-state index contributed by atoms with van der Waals surface area (Å²) >= 11 is 5.78. The zero-order valence-electron chi connectivity index (χ0n) is 11.1. The Bertz CT molecular complexity index is 744. The van der Waals surface area contributed by atoms with E-state index in [9.17, 15) is 20.0 Å². The standard InChI is InChI=1S/C14H10ClN3O4/c15-11-3-6-13(19)10(7-11)8-16-17-14(20)9-1-4-12(5-2-9)18(21)22/h1-8,19H,(H,17,20)/b16-8+. The number of non-ortho nitro benzene ring substituents is 1. The van der Waals surface area contributed by atoms with Crippen molar-refractivity contribution in [1.82, 2.24) is 5.43 Å². The predicted octanol–water partition coefficient (Wildman–Crippen LogP) is 2.72. The second kappa shape index (κ2) is 6.68. The minimum Gasteiger partial charge on any atom is -0.507 e. The smallest absolute Gasteiger partial charge is 0.271 e. The van der Waals surface area contributed by atoms with Gasteiger partial charge in [0, 0.05) is 28.3 Å².